The third-order valence-corrected chi connectivity index (χ3v) is 4.00. The van der Waals surface area contributed by atoms with Crippen molar-refractivity contribution in [2.45, 2.75) is 26.8 Å². The fraction of sp³-hybridized carbons (Fsp3) is 0.353. The van der Waals surface area contributed by atoms with E-state index in [4.69, 9.17) is 27.9 Å². The molecule has 0 N–H and O–H groups in total. The van der Waals surface area contributed by atoms with Crippen molar-refractivity contribution in [2.75, 3.05) is 6.61 Å². The SMILES string of the molecule is CC(C)CCOc1ccn(Cc2cc(F)c(Cl)cc2Cl)c(=O)c1. The van der Waals surface area contributed by atoms with Crippen molar-refractivity contribution in [1.82, 2.24) is 4.57 Å². The van der Waals surface area contributed by atoms with Gasteiger partial charge in [0.05, 0.1) is 18.2 Å². The molecule has 0 aliphatic carbocycles. The second-order valence-corrected chi connectivity index (χ2v) is 6.53. The molecule has 0 spiro atoms. The molecule has 0 unspecified atom stereocenters. The van der Waals surface area contributed by atoms with Crippen molar-refractivity contribution in [1.29, 1.82) is 0 Å². The molecule has 2 rings (SSSR count). The van der Waals surface area contributed by atoms with Gasteiger partial charge in [0, 0.05) is 17.3 Å². The predicted octanol–water partition coefficient (Wildman–Crippen LogP) is 4.77. The molecule has 1 heterocycles. The molecule has 0 saturated carbocycles. The standard InChI is InChI=1S/C17H18Cl2FNO2/c1-11(2)4-6-23-13-3-5-21(17(22)8-13)10-12-7-16(20)15(19)9-14(12)18/h3,5,7-9,11H,4,6,10H2,1-2H3. The first-order chi connectivity index (χ1) is 10.9. The number of hydrogen-bond donors (Lipinski definition) is 0. The first-order valence-electron chi connectivity index (χ1n) is 7.33. The average molecular weight is 358 g/mol. The van der Waals surface area contributed by atoms with Crippen molar-refractivity contribution in [3.8, 4) is 5.75 Å². The summed E-state index contributed by atoms with van der Waals surface area (Å²) in [7, 11) is 0. The molecule has 0 saturated heterocycles. The monoisotopic (exact) mass is 357 g/mol. The van der Waals surface area contributed by atoms with E-state index in [9.17, 15) is 9.18 Å². The summed E-state index contributed by atoms with van der Waals surface area (Å²) < 4.78 is 20.5. The number of benzene rings is 1. The smallest absolute Gasteiger partial charge is 0.254 e. The number of pyridine rings is 1. The molecule has 0 fully saturated rings. The van der Waals surface area contributed by atoms with Crippen molar-refractivity contribution >= 4 is 23.2 Å². The maximum atomic E-state index is 13.5. The third-order valence-electron chi connectivity index (χ3n) is 3.36. The molecule has 0 bridgehead atoms. The quantitative estimate of drug-likeness (QED) is 0.697. The maximum absolute atomic E-state index is 13.5. The summed E-state index contributed by atoms with van der Waals surface area (Å²) in [6.07, 6.45) is 2.53. The van der Waals surface area contributed by atoms with E-state index in [-0.39, 0.29) is 17.1 Å². The number of ether oxygens (including phenoxy) is 1. The second-order valence-electron chi connectivity index (χ2n) is 5.72. The van der Waals surface area contributed by atoms with Crippen molar-refractivity contribution in [2.24, 2.45) is 5.92 Å². The van der Waals surface area contributed by atoms with Crippen LogP contribution in [0, 0.1) is 11.7 Å². The van der Waals surface area contributed by atoms with Crippen LogP contribution in [-0.2, 0) is 6.54 Å². The van der Waals surface area contributed by atoms with E-state index in [1.54, 1.807) is 12.3 Å². The van der Waals surface area contributed by atoms with Gasteiger partial charge in [0.15, 0.2) is 0 Å². The van der Waals surface area contributed by atoms with Crippen molar-refractivity contribution < 1.29 is 9.13 Å². The van der Waals surface area contributed by atoms with Gasteiger partial charge in [-0.1, -0.05) is 37.0 Å². The molecule has 6 heteroatoms. The molecule has 0 amide bonds. The van der Waals surface area contributed by atoms with Crippen LogP contribution in [0.4, 0.5) is 4.39 Å². The molecular weight excluding hydrogens is 340 g/mol. The van der Waals surface area contributed by atoms with Gasteiger partial charge < -0.3 is 9.30 Å². The van der Waals surface area contributed by atoms with Crippen LogP contribution in [0.2, 0.25) is 10.0 Å². The van der Waals surface area contributed by atoms with Crippen LogP contribution in [0.1, 0.15) is 25.8 Å². The molecule has 1 aromatic carbocycles. The Kier molecular flexibility index (Phi) is 6.08. The van der Waals surface area contributed by atoms with Gasteiger partial charge >= 0.3 is 0 Å². The van der Waals surface area contributed by atoms with Gasteiger partial charge in [-0.15, -0.1) is 0 Å². The van der Waals surface area contributed by atoms with E-state index in [1.165, 1.54) is 22.8 Å². The zero-order valence-corrected chi connectivity index (χ0v) is 14.5. The van der Waals surface area contributed by atoms with Gasteiger partial charge in [-0.25, -0.2) is 4.39 Å². The molecular formula is C17H18Cl2FNO2. The normalized spacial score (nSPS) is 11.0. The molecule has 0 aliphatic rings. The molecule has 3 nitrogen and oxygen atoms in total. The lowest BCUT2D eigenvalue weighted by Gasteiger charge is -2.11. The molecule has 23 heavy (non-hydrogen) atoms. The Morgan fingerprint density at radius 3 is 2.61 bits per heavy atom. The fourth-order valence-corrected chi connectivity index (χ4v) is 2.43. The maximum Gasteiger partial charge on any atom is 0.254 e. The van der Waals surface area contributed by atoms with Gasteiger partial charge in [-0.3, -0.25) is 4.79 Å². The van der Waals surface area contributed by atoms with Crippen LogP contribution in [0.5, 0.6) is 5.75 Å². The predicted molar refractivity (Wildman–Crippen MR) is 91.2 cm³/mol. The Morgan fingerprint density at radius 1 is 1.22 bits per heavy atom. The topological polar surface area (TPSA) is 31.2 Å². The Balaban J connectivity index is 2.13. The van der Waals surface area contributed by atoms with Gasteiger partial charge in [-0.2, -0.15) is 0 Å². The first kappa shape index (κ1) is 17.8. The second kappa shape index (κ2) is 7.84. The minimum Gasteiger partial charge on any atom is -0.493 e. The van der Waals surface area contributed by atoms with Crippen LogP contribution in [0.25, 0.3) is 0 Å². The van der Waals surface area contributed by atoms with Gasteiger partial charge in [-0.05, 0) is 36.1 Å². The molecule has 0 atom stereocenters. The molecule has 0 radical (unpaired) electrons. The van der Waals surface area contributed by atoms with E-state index in [0.717, 1.165) is 6.42 Å². The zero-order valence-electron chi connectivity index (χ0n) is 13.0. The summed E-state index contributed by atoms with van der Waals surface area (Å²) in [6.45, 7) is 4.94. The molecule has 1 aromatic heterocycles. The Hall–Kier alpha value is -1.52. The Morgan fingerprint density at radius 2 is 1.96 bits per heavy atom. The van der Waals surface area contributed by atoms with Crippen LogP contribution in [0.3, 0.4) is 0 Å². The summed E-state index contributed by atoms with van der Waals surface area (Å²) in [4.78, 5) is 12.1. The van der Waals surface area contributed by atoms with E-state index in [0.29, 0.717) is 28.9 Å². The highest BCUT2D eigenvalue weighted by atomic mass is 35.5. The van der Waals surface area contributed by atoms with E-state index in [2.05, 4.69) is 13.8 Å². The average Bonchev–Trinajstić information content (AvgIpc) is 2.47. The Bertz CT molecular complexity index is 744. The number of aromatic nitrogens is 1. The number of hydrogen-bond acceptors (Lipinski definition) is 2. The number of rotatable bonds is 6. The lowest BCUT2D eigenvalue weighted by Crippen LogP contribution is -2.19. The summed E-state index contributed by atoms with van der Waals surface area (Å²) in [5.41, 5.74) is 0.252. The van der Waals surface area contributed by atoms with Gasteiger partial charge in [0.1, 0.15) is 11.6 Å². The van der Waals surface area contributed by atoms with Crippen LogP contribution in [-0.4, -0.2) is 11.2 Å². The molecule has 124 valence electrons. The van der Waals surface area contributed by atoms with Gasteiger partial charge in [0.2, 0.25) is 0 Å². The highest BCUT2D eigenvalue weighted by Crippen LogP contribution is 2.24. The van der Waals surface area contributed by atoms with E-state index < -0.39 is 5.82 Å². The minimum absolute atomic E-state index is 0.0417. The minimum atomic E-state index is -0.562. The zero-order chi connectivity index (χ0) is 17.0. The lowest BCUT2D eigenvalue weighted by molar-refractivity contribution is 0.288. The Labute approximate surface area is 144 Å². The van der Waals surface area contributed by atoms with E-state index in [1.807, 2.05) is 0 Å². The molecule has 0 aliphatic heterocycles. The number of nitrogens with zero attached hydrogens (tertiary/aromatic N) is 1. The number of halogens is 3. The summed E-state index contributed by atoms with van der Waals surface area (Å²) in [5, 5.41) is 0.278. The highest BCUT2D eigenvalue weighted by molar-refractivity contribution is 6.35. The third kappa shape index (κ3) is 4.98. The van der Waals surface area contributed by atoms with Crippen LogP contribution in [0.15, 0.2) is 35.3 Å². The van der Waals surface area contributed by atoms with Crippen molar-refractivity contribution in [3.63, 3.8) is 0 Å². The van der Waals surface area contributed by atoms with Crippen LogP contribution >= 0.6 is 23.2 Å². The van der Waals surface area contributed by atoms with Crippen LogP contribution < -0.4 is 10.3 Å². The summed E-state index contributed by atoms with van der Waals surface area (Å²) >= 11 is 11.7. The largest absolute Gasteiger partial charge is 0.493 e. The first-order valence-corrected chi connectivity index (χ1v) is 8.09. The lowest BCUT2D eigenvalue weighted by atomic mass is 10.1. The van der Waals surface area contributed by atoms with Gasteiger partial charge in [0.25, 0.3) is 5.56 Å². The van der Waals surface area contributed by atoms with Crippen molar-refractivity contribution in [3.05, 3.63) is 62.2 Å². The highest BCUT2D eigenvalue weighted by Gasteiger charge is 2.09. The summed E-state index contributed by atoms with van der Waals surface area (Å²) in [6, 6.07) is 5.70. The fourth-order valence-electron chi connectivity index (χ4n) is 1.99. The molecule has 2 aromatic rings. The van der Waals surface area contributed by atoms with E-state index >= 15 is 0 Å². The summed E-state index contributed by atoms with van der Waals surface area (Å²) in [5.74, 6) is 0.505.